The molecule has 0 radical (unpaired) electrons. The maximum absolute atomic E-state index is 12.1. The van der Waals surface area contributed by atoms with Crippen molar-refractivity contribution in [1.82, 2.24) is 9.78 Å². The maximum Gasteiger partial charge on any atom is 0.224 e. The number of halogens is 2. The fourth-order valence-electron chi connectivity index (χ4n) is 2.30. The molecular formula is C15H18Cl2N4O. The molecule has 0 saturated heterocycles. The molecule has 0 unspecified atom stereocenters. The molecular weight excluding hydrogens is 323 g/mol. The van der Waals surface area contributed by atoms with Gasteiger partial charge in [0.15, 0.2) is 0 Å². The van der Waals surface area contributed by atoms with Gasteiger partial charge in [0.2, 0.25) is 5.91 Å². The molecule has 0 aliphatic rings. The van der Waals surface area contributed by atoms with Crippen LogP contribution in [0.3, 0.4) is 0 Å². The Balaban J connectivity index is 2.02. The standard InChI is InChI=1S/C15H18Cl2N4O/c1-8-11(9(2)21(3)20-8)4-5-14(22)19-10-6-12(16)15(18)13(17)7-10/h6-7H,4-5,18H2,1-3H3,(H,19,22). The number of aryl methyl sites for hydroxylation is 2. The lowest BCUT2D eigenvalue weighted by Gasteiger charge is -2.08. The fourth-order valence-corrected chi connectivity index (χ4v) is 2.78. The number of nitrogen functional groups attached to an aromatic ring is 1. The second-order valence-electron chi connectivity index (χ2n) is 5.17. The summed E-state index contributed by atoms with van der Waals surface area (Å²) in [7, 11) is 1.89. The average molecular weight is 341 g/mol. The highest BCUT2D eigenvalue weighted by atomic mass is 35.5. The quantitative estimate of drug-likeness (QED) is 0.836. The van der Waals surface area contributed by atoms with E-state index in [2.05, 4.69) is 10.4 Å². The molecule has 5 nitrogen and oxygen atoms in total. The van der Waals surface area contributed by atoms with Gasteiger partial charge >= 0.3 is 0 Å². The number of nitrogens with two attached hydrogens (primary N) is 1. The zero-order chi connectivity index (χ0) is 16.4. The molecule has 3 N–H and O–H groups in total. The number of rotatable bonds is 4. The summed E-state index contributed by atoms with van der Waals surface area (Å²) in [6.07, 6.45) is 0.987. The smallest absolute Gasteiger partial charge is 0.224 e. The van der Waals surface area contributed by atoms with E-state index >= 15 is 0 Å². The molecule has 2 aromatic rings. The van der Waals surface area contributed by atoms with E-state index in [0.717, 1.165) is 17.0 Å². The first-order valence-corrected chi connectivity index (χ1v) is 7.58. The molecule has 2 rings (SSSR count). The van der Waals surface area contributed by atoms with Gasteiger partial charge in [0.25, 0.3) is 0 Å². The van der Waals surface area contributed by atoms with Gasteiger partial charge in [-0.1, -0.05) is 23.2 Å². The highest BCUT2D eigenvalue weighted by molar-refractivity contribution is 6.39. The first-order valence-electron chi connectivity index (χ1n) is 6.83. The molecule has 7 heteroatoms. The predicted molar refractivity (Wildman–Crippen MR) is 90.5 cm³/mol. The largest absolute Gasteiger partial charge is 0.396 e. The Hall–Kier alpha value is -1.72. The minimum absolute atomic E-state index is 0.112. The van der Waals surface area contributed by atoms with Gasteiger partial charge in [-0.2, -0.15) is 5.10 Å². The van der Waals surface area contributed by atoms with Crippen LogP contribution in [0.15, 0.2) is 12.1 Å². The molecule has 0 fully saturated rings. The summed E-state index contributed by atoms with van der Waals surface area (Å²) < 4.78 is 1.82. The summed E-state index contributed by atoms with van der Waals surface area (Å²) in [4.78, 5) is 12.1. The molecule has 0 aliphatic carbocycles. The number of hydrogen-bond donors (Lipinski definition) is 2. The van der Waals surface area contributed by atoms with Gasteiger partial charge in [-0.3, -0.25) is 9.48 Å². The van der Waals surface area contributed by atoms with Crippen molar-refractivity contribution in [1.29, 1.82) is 0 Å². The van der Waals surface area contributed by atoms with Crippen molar-refractivity contribution in [3.8, 4) is 0 Å². The third kappa shape index (κ3) is 3.54. The summed E-state index contributed by atoms with van der Waals surface area (Å²) in [6, 6.07) is 3.17. The van der Waals surface area contributed by atoms with Gasteiger partial charge < -0.3 is 11.1 Å². The lowest BCUT2D eigenvalue weighted by molar-refractivity contribution is -0.116. The number of hydrogen-bond acceptors (Lipinski definition) is 3. The number of nitrogens with one attached hydrogen (secondary N) is 1. The van der Waals surface area contributed by atoms with E-state index in [1.807, 2.05) is 25.6 Å². The summed E-state index contributed by atoms with van der Waals surface area (Å²) in [5.74, 6) is -0.112. The van der Waals surface area contributed by atoms with Crippen LogP contribution in [-0.4, -0.2) is 15.7 Å². The van der Waals surface area contributed by atoms with Crippen molar-refractivity contribution < 1.29 is 4.79 Å². The van der Waals surface area contributed by atoms with Crippen LogP contribution < -0.4 is 11.1 Å². The van der Waals surface area contributed by atoms with E-state index < -0.39 is 0 Å². The number of carbonyl (C=O) groups excluding carboxylic acids is 1. The number of benzene rings is 1. The molecule has 0 saturated carbocycles. The van der Waals surface area contributed by atoms with Crippen molar-refractivity contribution in [2.24, 2.45) is 7.05 Å². The van der Waals surface area contributed by atoms with Crippen molar-refractivity contribution in [3.05, 3.63) is 39.1 Å². The second kappa shape index (κ2) is 6.58. The number of anilines is 2. The lowest BCUT2D eigenvalue weighted by Crippen LogP contribution is -2.13. The fraction of sp³-hybridized carbons (Fsp3) is 0.333. The molecule has 1 aromatic heterocycles. The van der Waals surface area contributed by atoms with Crippen LogP contribution in [0.5, 0.6) is 0 Å². The van der Waals surface area contributed by atoms with Crippen LogP contribution in [0.25, 0.3) is 0 Å². The monoisotopic (exact) mass is 340 g/mol. The summed E-state index contributed by atoms with van der Waals surface area (Å²) in [5.41, 5.74) is 9.64. The number of nitrogens with zero attached hydrogens (tertiary/aromatic N) is 2. The number of amides is 1. The van der Waals surface area contributed by atoms with Crippen LogP contribution in [0.2, 0.25) is 10.0 Å². The number of aromatic nitrogens is 2. The van der Waals surface area contributed by atoms with Crippen LogP contribution >= 0.6 is 23.2 Å². The van der Waals surface area contributed by atoms with Gasteiger partial charge in [0.05, 0.1) is 21.4 Å². The Kier molecular flexibility index (Phi) is 4.98. The van der Waals surface area contributed by atoms with E-state index in [1.165, 1.54) is 0 Å². The number of carbonyl (C=O) groups is 1. The zero-order valence-electron chi connectivity index (χ0n) is 12.7. The van der Waals surface area contributed by atoms with Crippen molar-refractivity contribution in [3.63, 3.8) is 0 Å². The molecule has 0 atom stereocenters. The molecule has 0 aliphatic heterocycles. The van der Waals surface area contributed by atoms with Gasteiger partial charge in [-0.25, -0.2) is 0 Å². The average Bonchev–Trinajstić information content (AvgIpc) is 2.67. The van der Waals surface area contributed by atoms with Gasteiger partial charge in [-0.15, -0.1) is 0 Å². The molecule has 1 heterocycles. The molecule has 0 bridgehead atoms. The van der Waals surface area contributed by atoms with Crippen molar-refractivity contribution >= 4 is 40.5 Å². The van der Waals surface area contributed by atoms with E-state index in [9.17, 15) is 4.79 Å². The molecule has 22 heavy (non-hydrogen) atoms. The summed E-state index contributed by atoms with van der Waals surface area (Å²) in [5, 5.41) is 7.76. The van der Waals surface area contributed by atoms with Crippen LogP contribution in [0.4, 0.5) is 11.4 Å². The molecule has 1 aromatic carbocycles. The maximum atomic E-state index is 12.1. The van der Waals surface area contributed by atoms with E-state index in [4.69, 9.17) is 28.9 Å². The Morgan fingerprint density at radius 2 is 1.91 bits per heavy atom. The van der Waals surface area contributed by atoms with E-state index in [1.54, 1.807) is 12.1 Å². The Morgan fingerprint density at radius 3 is 2.41 bits per heavy atom. The normalized spacial score (nSPS) is 10.8. The van der Waals surface area contributed by atoms with Gasteiger partial charge in [0, 0.05) is 24.8 Å². The minimum Gasteiger partial charge on any atom is -0.396 e. The molecule has 1 amide bonds. The highest BCUT2D eigenvalue weighted by Crippen LogP contribution is 2.31. The van der Waals surface area contributed by atoms with Gasteiger partial charge in [0.1, 0.15) is 0 Å². The predicted octanol–water partition coefficient (Wildman–Crippen LogP) is 3.50. The zero-order valence-corrected chi connectivity index (χ0v) is 14.2. The van der Waals surface area contributed by atoms with Crippen molar-refractivity contribution in [2.75, 3.05) is 11.1 Å². The van der Waals surface area contributed by atoms with Gasteiger partial charge in [-0.05, 0) is 38.0 Å². The highest BCUT2D eigenvalue weighted by Gasteiger charge is 2.12. The molecule has 0 spiro atoms. The third-order valence-electron chi connectivity index (χ3n) is 3.62. The van der Waals surface area contributed by atoms with E-state index in [0.29, 0.717) is 34.3 Å². The summed E-state index contributed by atoms with van der Waals surface area (Å²) in [6.45, 7) is 3.94. The topological polar surface area (TPSA) is 72.9 Å². The third-order valence-corrected chi connectivity index (χ3v) is 4.25. The Labute approximate surface area is 139 Å². The lowest BCUT2D eigenvalue weighted by atomic mass is 10.1. The van der Waals surface area contributed by atoms with Crippen LogP contribution in [-0.2, 0) is 18.3 Å². The van der Waals surface area contributed by atoms with E-state index in [-0.39, 0.29) is 5.91 Å². The SMILES string of the molecule is Cc1nn(C)c(C)c1CCC(=O)Nc1cc(Cl)c(N)c(Cl)c1. The van der Waals surface area contributed by atoms with Crippen molar-refractivity contribution in [2.45, 2.75) is 26.7 Å². The second-order valence-corrected chi connectivity index (χ2v) is 5.99. The Bertz CT molecular complexity index is 702. The van der Waals surface area contributed by atoms with Crippen LogP contribution in [0, 0.1) is 13.8 Å². The first kappa shape index (κ1) is 16.6. The molecule has 118 valence electrons. The van der Waals surface area contributed by atoms with Crippen LogP contribution in [0.1, 0.15) is 23.4 Å². The minimum atomic E-state index is -0.112. The Morgan fingerprint density at radius 1 is 1.32 bits per heavy atom. The summed E-state index contributed by atoms with van der Waals surface area (Å²) >= 11 is 11.9. The first-order chi connectivity index (χ1) is 10.3.